The van der Waals surface area contributed by atoms with E-state index in [1.165, 1.54) is 0 Å². The van der Waals surface area contributed by atoms with Crippen molar-refractivity contribution in [1.82, 2.24) is 29.1 Å². The lowest BCUT2D eigenvalue weighted by Gasteiger charge is -2.42. The molecule has 1 aliphatic rings. The molecule has 1 aliphatic heterocycles. The molecule has 4 rings (SSSR count). The molecule has 8 heteroatoms. The third kappa shape index (κ3) is 4.18. The van der Waals surface area contributed by atoms with Crippen molar-refractivity contribution in [1.29, 1.82) is 0 Å². The van der Waals surface area contributed by atoms with Gasteiger partial charge in [0.25, 0.3) is 0 Å². The minimum Gasteiger partial charge on any atom is -0.373 e. The first-order valence-electron chi connectivity index (χ1n) is 9.97. The van der Waals surface area contributed by atoms with Gasteiger partial charge in [0, 0.05) is 44.9 Å². The van der Waals surface area contributed by atoms with Crippen LogP contribution in [0.15, 0.2) is 43.0 Å². The Hall–Kier alpha value is -2.71. The molecule has 0 bridgehead atoms. The van der Waals surface area contributed by atoms with Gasteiger partial charge in [0.05, 0.1) is 42.3 Å². The van der Waals surface area contributed by atoms with Gasteiger partial charge in [-0.2, -0.15) is 5.10 Å². The highest BCUT2D eigenvalue weighted by molar-refractivity contribution is 5.78. The van der Waals surface area contributed by atoms with Gasteiger partial charge in [-0.25, -0.2) is 4.98 Å². The van der Waals surface area contributed by atoms with Crippen molar-refractivity contribution >= 4 is 16.9 Å². The first kappa shape index (κ1) is 19.6. The average molecular weight is 396 g/mol. The highest BCUT2D eigenvalue weighted by Gasteiger charge is 2.37. The number of para-hydroxylation sites is 2. The Morgan fingerprint density at radius 3 is 2.90 bits per heavy atom. The second kappa shape index (κ2) is 8.34. The van der Waals surface area contributed by atoms with E-state index in [-0.39, 0.29) is 18.1 Å². The van der Waals surface area contributed by atoms with Crippen LogP contribution < -0.4 is 0 Å². The lowest BCUT2D eigenvalue weighted by Crippen LogP contribution is -2.51. The number of carbonyl (C=O) groups excluding carboxylic acids is 1. The van der Waals surface area contributed by atoms with E-state index < -0.39 is 0 Å². The standard InChI is InChI=1S/C21H28N6O2/c1-24(2)14-19-21(16-12-23-25(3)13-16)27(10-11-29-19)20(28)8-9-26-15-22-17-6-4-5-7-18(17)26/h4-7,12-13,15,19,21H,8-11,14H2,1-3H3/t19-,21-/m0/s1. The van der Waals surface area contributed by atoms with Crippen LogP contribution >= 0.6 is 0 Å². The number of aryl methyl sites for hydroxylation is 2. The summed E-state index contributed by atoms with van der Waals surface area (Å²) in [7, 11) is 5.94. The molecule has 1 saturated heterocycles. The number of hydrogen-bond donors (Lipinski definition) is 0. The molecule has 0 radical (unpaired) electrons. The van der Waals surface area contributed by atoms with E-state index in [9.17, 15) is 4.79 Å². The molecule has 1 amide bonds. The fourth-order valence-corrected chi connectivity index (χ4v) is 4.06. The van der Waals surface area contributed by atoms with Crippen LogP contribution in [-0.4, -0.2) is 74.9 Å². The van der Waals surface area contributed by atoms with Crippen LogP contribution in [0.5, 0.6) is 0 Å². The van der Waals surface area contributed by atoms with Gasteiger partial charge in [-0.05, 0) is 26.2 Å². The second-order valence-electron chi connectivity index (χ2n) is 7.83. The van der Waals surface area contributed by atoms with Crippen LogP contribution in [0.25, 0.3) is 11.0 Å². The molecule has 2 atom stereocenters. The first-order chi connectivity index (χ1) is 14.0. The van der Waals surface area contributed by atoms with Crippen LogP contribution in [0.1, 0.15) is 18.0 Å². The third-order valence-corrected chi connectivity index (χ3v) is 5.38. The fourth-order valence-electron chi connectivity index (χ4n) is 4.06. The summed E-state index contributed by atoms with van der Waals surface area (Å²) in [5.41, 5.74) is 3.02. The van der Waals surface area contributed by atoms with E-state index in [1.54, 1.807) is 4.68 Å². The summed E-state index contributed by atoms with van der Waals surface area (Å²) in [6.07, 6.45) is 5.97. The zero-order valence-corrected chi connectivity index (χ0v) is 17.2. The number of nitrogens with zero attached hydrogens (tertiary/aromatic N) is 6. The Morgan fingerprint density at radius 2 is 2.14 bits per heavy atom. The zero-order chi connectivity index (χ0) is 20.4. The molecule has 154 valence electrons. The van der Waals surface area contributed by atoms with Gasteiger partial charge in [-0.1, -0.05) is 12.1 Å². The number of rotatable bonds is 6. The SMILES string of the molecule is CN(C)C[C@@H]1OCCN(C(=O)CCn2cnc3ccccc32)[C@H]1c1cnn(C)c1. The van der Waals surface area contributed by atoms with Crippen molar-refractivity contribution in [3.05, 3.63) is 48.5 Å². The number of likely N-dealkylation sites (N-methyl/N-ethyl adjacent to an activating group) is 1. The van der Waals surface area contributed by atoms with Crippen LogP contribution in [0.4, 0.5) is 0 Å². The Kier molecular flexibility index (Phi) is 5.64. The van der Waals surface area contributed by atoms with Crippen molar-refractivity contribution < 1.29 is 9.53 Å². The van der Waals surface area contributed by atoms with E-state index in [0.717, 1.165) is 23.1 Å². The number of amides is 1. The smallest absolute Gasteiger partial charge is 0.225 e. The maximum atomic E-state index is 13.2. The number of hydrogen-bond acceptors (Lipinski definition) is 5. The van der Waals surface area contributed by atoms with Gasteiger partial charge in [0.1, 0.15) is 0 Å². The number of benzene rings is 1. The molecule has 3 aromatic rings. The summed E-state index contributed by atoms with van der Waals surface area (Å²) in [6, 6.07) is 7.86. The maximum absolute atomic E-state index is 13.2. The van der Waals surface area contributed by atoms with Gasteiger partial charge in [-0.3, -0.25) is 9.48 Å². The molecule has 29 heavy (non-hydrogen) atoms. The van der Waals surface area contributed by atoms with Crippen molar-refractivity contribution in [3.8, 4) is 0 Å². The normalized spacial score (nSPS) is 19.9. The lowest BCUT2D eigenvalue weighted by atomic mass is 10.00. The maximum Gasteiger partial charge on any atom is 0.225 e. The molecule has 0 N–H and O–H groups in total. The predicted molar refractivity (Wildman–Crippen MR) is 110 cm³/mol. The summed E-state index contributed by atoms with van der Waals surface area (Å²) in [5.74, 6) is 0.128. The van der Waals surface area contributed by atoms with Gasteiger partial charge in [0.15, 0.2) is 0 Å². The Labute approximate surface area is 170 Å². The average Bonchev–Trinajstić information content (AvgIpc) is 3.31. The topological polar surface area (TPSA) is 68.4 Å². The number of morpholine rings is 1. The third-order valence-electron chi connectivity index (χ3n) is 5.38. The quantitative estimate of drug-likeness (QED) is 0.634. The van der Waals surface area contributed by atoms with Crippen molar-refractivity contribution in [3.63, 3.8) is 0 Å². The molecule has 0 unspecified atom stereocenters. The summed E-state index contributed by atoms with van der Waals surface area (Å²) in [4.78, 5) is 21.7. The predicted octanol–water partition coefficient (Wildman–Crippen LogP) is 1.69. The van der Waals surface area contributed by atoms with Gasteiger partial charge < -0.3 is 19.1 Å². The van der Waals surface area contributed by atoms with E-state index in [2.05, 4.69) is 15.0 Å². The molecule has 0 saturated carbocycles. The van der Waals surface area contributed by atoms with E-state index >= 15 is 0 Å². The minimum atomic E-state index is -0.133. The van der Waals surface area contributed by atoms with Gasteiger partial charge in [-0.15, -0.1) is 0 Å². The van der Waals surface area contributed by atoms with Crippen LogP contribution in [0.2, 0.25) is 0 Å². The molecule has 2 aromatic heterocycles. The first-order valence-corrected chi connectivity index (χ1v) is 9.97. The Balaban J connectivity index is 1.53. The molecular formula is C21H28N6O2. The van der Waals surface area contributed by atoms with E-state index in [4.69, 9.17) is 4.74 Å². The number of imidazole rings is 1. The summed E-state index contributed by atoms with van der Waals surface area (Å²) in [5, 5.41) is 4.32. The Bertz CT molecular complexity index is 978. The number of ether oxygens (including phenoxy) is 1. The number of fused-ring (bicyclic) bond motifs is 1. The van der Waals surface area contributed by atoms with Gasteiger partial charge >= 0.3 is 0 Å². The molecule has 8 nitrogen and oxygen atoms in total. The van der Waals surface area contributed by atoms with Crippen LogP contribution in [0, 0.1) is 0 Å². The monoisotopic (exact) mass is 396 g/mol. The molecule has 0 aliphatic carbocycles. The molecular weight excluding hydrogens is 368 g/mol. The highest BCUT2D eigenvalue weighted by Crippen LogP contribution is 2.30. The van der Waals surface area contributed by atoms with Gasteiger partial charge in [0.2, 0.25) is 5.91 Å². The lowest BCUT2D eigenvalue weighted by molar-refractivity contribution is -0.148. The number of carbonyl (C=O) groups is 1. The minimum absolute atomic E-state index is 0.0824. The number of aromatic nitrogens is 4. The molecule has 1 fully saturated rings. The van der Waals surface area contributed by atoms with Crippen molar-refractivity contribution in [2.24, 2.45) is 7.05 Å². The van der Waals surface area contributed by atoms with Crippen molar-refractivity contribution in [2.75, 3.05) is 33.8 Å². The largest absolute Gasteiger partial charge is 0.373 e. The summed E-state index contributed by atoms with van der Waals surface area (Å²) >= 11 is 0. The highest BCUT2D eigenvalue weighted by atomic mass is 16.5. The molecule has 3 heterocycles. The van der Waals surface area contributed by atoms with Crippen LogP contribution in [-0.2, 0) is 23.1 Å². The zero-order valence-electron chi connectivity index (χ0n) is 17.2. The fraction of sp³-hybridized carbons (Fsp3) is 0.476. The van der Waals surface area contributed by atoms with E-state index in [1.807, 2.05) is 73.6 Å². The Morgan fingerprint density at radius 1 is 1.31 bits per heavy atom. The van der Waals surface area contributed by atoms with Crippen LogP contribution in [0.3, 0.4) is 0 Å². The van der Waals surface area contributed by atoms with E-state index in [0.29, 0.717) is 26.1 Å². The summed E-state index contributed by atoms with van der Waals surface area (Å²) < 4.78 is 9.89. The molecule has 0 spiro atoms. The second-order valence-corrected chi connectivity index (χ2v) is 7.83. The summed E-state index contributed by atoms with van der Waals surface area (Å²) in [6.45, 7) is 2.49. The molecule has 1 aromatic carbocycles. The van der Waals surface area contributed by atoms with Crippen molar-refractivity contribution in [2.45, 2.75) is 25.1 Å².